The Morgan fingerprint density at radius 2 is 1.57 bits per heavy atom. The van der Waals surface area contributed by atoms with Crippen molar-refractivity contribution in [3.8, 4) is 0 Å². The van der Waals surface area contributed by atoms with Gasteiger partial charge < -0.3 is 19.3 Å². The van der Waals surface area contributed by atoms with Crippen LogP contribution in [-0.4, -0.2) is 59.9 Å². The molecule has 0 heterocycles. The summed E-state index contributed by atoms with van der Waals surface area (Å²) in [6, 6.07) is 0. The number of esters is 3. The van der Waals surface area contributed by atoms with Crippen molar-refractivity contribution in [1.82, 2.24) is 0 Å². The van der Waals surface area contributed by atoms with Gasteiger partial charge in [-0.25, -0.2) is 4.79 Å². The lowest BCUT2D eigenvalue weighted by Gasteiger charge is -2.43. The van der Waals surface area contributed by atoms with E-state index in [2.05, 4.69) is 6.58 Å². The van der Waals surface area contributed by atoms with E-state index in [-0.39, 0.29) is 41.3 Å². The lowest BCUT2D eigenvalue weighted by atomic mass is 9.64. The number of thioether (sulfide) groups is 1. The summed E-state index contributed by atoms with van der Waals surface area (Å²) in [6.45, 7) is 16.5. The largest absolute Gasteiger partial charge is 0.469 e. The van der Waals surface area contributed by atoms with Crippen LogP contribution in [0, 0.1) is 10.8 Å². The maximum Gasteiger partial charge on any atom is 0.333 e. The van der Waals surface area contributed by atoms with Crippen molar-refractivity contribution >= 4 is 29.7 Å². The molecular weight excluding hydrogens is 408 g/mol. The van der Waals surface area contributed by atoms with Crippen LogP contribution in [0.15, 0.2) is 12.2 Å². The normalized spacial score (nSPS) is 15.0. The molecule has 0 aromatic heterocycles. The summed E-state index contributed by atoms with van der Waals surface area (Å²) in [7, 11) is 1.40. The van der Waals surface area contributed by atoms with Gasteiger partial charge in [0.05, 0.1) is 18.9 Å². The van der Waals surface area contributed by atoms with Crippen LogP contribution in [0.2, 0.25) is 0 Å². The number of hydrogen-bond donors (Lipinski definition) is 1. The molecule has 0 aromatic rings. The van der Waals surface area contributed by atoms with Gasteiger partial charge in [0.2, 0.25) is 0 Å². The van der Waals surface area contributed by atoms with Crippen LogP contribution in [0.4, 0.5) is 0 Å². The maximum atomic E-state index is 12.5. The molecule has 0 aliphatic carbocycles. The molecule has 0 rings (SSSR count). The van der Waals surface area contributed by atoms with Gasteiger partial charge in [0.15, 0.2) is 0 Å². The van der Waals surface area contributed by atoms with Crippen molar-refractivity contribution in [3.05, 3.63) is 12.2 Å². The lowest BCUT2D eigenvalue weighted by Crippen LogP contribution is -2.45. The van der Waals surface area contributed by atoms with Crippen LogP contribution in [-0.2, 0) is 28.6 Å². The quantitative estimate of drug-likeness (QED) is 0.276. The van der Waals surface area contributed by atoms with Crippen molar-refractivity contribution in [2.75, 3.05) is 26.1 Å². The van der Waals surface area contributed by atoms with Gasteiger partial charge in [0, 0.05) is 16.1 Å². The number of rotatable bonds is 12. The molecule has 0 bridgehead atoms. The summed E-state index contributed by atoms with van der Waals surface area (Å²) in [5.74, 6) is -0.790. The van der Waals surface area contributed by atoms with E-state index in [4.69, 9.17) is 14.2 Å². The molecule has 0 spiro atoms. The smallest absolute Gasteiger partial charge is 0.333 e. The molecule has 0 amide bonds. The Morgan fingerprint density at radius 3 is 2.03 bits per heavy atom. The summed E-state index contributed by atoms with van der Waals surface area (Å²) in [4.78, 5) is 35.7. The zero-order chi connectivity index (χ0) is 23.8. The van der Waals surface area contributed by atoms with E-state index in [1.54, 1.807) is 11.8 Å². The van der Waals surface area contributed by atoms with E-state index in [9.17, 15) is 19.5 Å². The van der Waals surface area contributed by atoms with Crippen molar-refractivity contribution in [3.63, 3.8) is 0 Å². The minimum Gasteiger partial charge on any atom is -0.469 e. The number of carbonyl (C=O) groups is 3. The highest BCUT2D eigenvalue weighted by Gasteiger charge is 2.48. The van der Waals surface area contributed by atoms with Crippen LogP contribution >= 0.6 is 11.8 Å². The Balaban J connectivity index is 4.51. The van der Waals surface area contributed by atoms with Crippen LogP contribution in [0.1, 0.15) is 61.3 Å². The predicted octanol–water partition coefficient (Wildman–Crippen LogP) is 3.53. The van der Waals surface area contributed by atoms with E-state index in [0.29, 0.717) is 12.2 Å². The highest BCUT2D eigenvalue weighted by molar-refractivity contribution is 8.00. The van der Waals surface area contributed by atoms with Crippen LogP contribution in [0.5, 0.6) is 0 Å². The molecule has 2 atom stereocenters. The third-order valence-electron chi connectivity index (χ3n) is 5.06. The topological polar surface area (TPSA) is 99.1 Å². The van der Waals surface area contributed by atoms with Crippen molar-refractivity contribution in [2.24, 2.45) is 10.8 Å². The molecule has 30 heavy (non-hydrogen) atoms. The zero-order valence-corrected chi connectivity index (χ0v) is 20.4. The Morgan fingerprint density at radius 1 is 1.03 bits per heavy atom. The Hall–Kier alpha value is -1.54. The first-order valence-electron chi connectivity index (χ1n) is 9.94. The minimum atomic E-state index is -1.09. The van der Waals surface area contributed by atoms with Crippen LogP contribution in [0.25, 0.3) is 0 Å². The molecule has 0 saturated heterocycles. The zero-order valence-electron chi connectivity index (χ0n) is 19.6. The fraction of sp³-hybridized carbons (Fsp3) is 0.773. The molecule has 1 N–H and O–H groups in total. The van der Waals surface area contributed by atoms with Crippen molar-refractivity contribution in [2.45, 2.75) is 72.2 Å². The second kappa shape index (κ2) is 11.7. The molecule has 0 saturated carbocycles. The number of hydrogen-bond acceptors (Lipinski definition) is 8. The molecule has 2 unspecified atom stereocenters. The van der Waals surface area contributed by atoms with Gasteiger partial charge in [-0.05, 0) is 25.7 Å². The minimum absolute atomic E-state index is 0.164. The highest BCUT2D eigenvalue weighted by atomic mass is 32.2. The fourth-order valence-electron chi connectivity index (χ4n) is 2.79. The summed E-state index contributed by atoms with van der Waals surface area (Å²) in [5.41, 5.74) is -0.737. The van der Waals surface area contributed by atoms with Crippen LogP contribution in [0.3, 0.4) is 0 Å². The summed E-state index contributed by atoms with van der Waals surface area (Å²) in [5, 5.41) is 9.73. The lowest BCUT2D eigenvalue weighted by molar-refractivity contribution is -0.160. The molecule has 0 aliphatic rings. The number of aliphatic hydroxyl groups is 1. The molecule has 0 radical (unpaired) electrons. The van der Waals surface area contributed by atoms with E-state index < -0.39 is 23.5 Å². The standard InChI is InChI=1S/C22H38O7S/c1-15(2)18(25)29-13-16(23)12-28-17(24)10-11-30-21(6,7)14-22(8,19(26)27-9)20(3,4)5/h16,23H,1,10-14H2,2-9H3. The maximum absolute atomic E-state index is 12.5. The summed E-state index contributed by atoms with van der Waals surface area (Å²) in [6.07, 6.45) is -0.339. The van der Waals surface area contributed by atoms with E-state index in [1.165, 1.54) is 14.0 Å². The first kappa shape index (κ1) is 28.5. The van der Waals surface area contributed by atoms with Gasteiger partial charge in [-0.2, -0.15) is 11.8 Å². The molecule has 174 valence electrons. The summed E-state index contributed by atoms with van der Waals surface area (Å²) >= 11 is 1.58. The second-order valence-electron chi connectivity index (χ2n) is 9.32. The first-order chi connectivity index (χ1) is 13.6. The van der Waals surface area contributed by atoms with Gasteiger partial charge in [0.1, 0.15) is 19.3 Å². The van der Waals surface area contributed by atoms with E-state index >= 15 is 0 Å². The van der Waals surface area contributed by atoms with Crippen LogP contribution < -0.4 is 0 Å². The molecule has 7 nitrogen and oxygen atoms in total. The summed E-state index contributed by atoms with van der Waals surface area (Å²) < 4.78 is 14.6. The average Bonchev–Trinajstić information content (AvgIpc) is 2.61. The second-order valence-corrected chi connectivity index (χ2v) is 11.1. The fourth-order valence-corrected chi connectivity index (χ4v) is 4.00. The van der Waals surface area contributed by atoms with E-state index in [0.717, 1.165) is 0 Å². The average molecular weight is 447 g/mol. The number of aliphatic hydroxyl groups excluding tert-OH is 1. The third-order valence-corrected chi connectivity index (χ3v) is 6.40. The van der Waals surface area contributed by atoms with Gasteiger partial charge in [0.25, 0.3) is 0 Å². The Labute approximate surface area is 184 Å². The number of carbonyl (C=O) groups excluding carboxylic acids is 3. The van der Waals surface area contributed by atoms with Gasteiger partial charge in [-0.1, -0.05) is 41.2 Å². The van der Waals surface area contributed by atoms with Gasteiger partial charge in [-0.15, -0.1) is 0 Å². The van der Waals surface area contributed by atoms with Gasteiger partial charge in [-0.3, -0.25) is 9.59 Å². The molecule has 0 aromatic carbocycles. The third kappa shape index (κ3) is 9.51. The SMILES string of the molecule is C=C(C)C(=O)OCC(O)COC(=O)CCSC(C)(C)CC(C)(C(=O)OC)C(C)(C)C. The molecule has 8 heteroatoms. The highest BCUT2D eigenvalue weighted by Crippen LogP contribution is 2.48. The Kier molecular flexibility index (Phi) is 11.1. The monoisotopic (exact) mass is 446 g/mol. The predicted molar refractivity (Wildman–Crippen MR) is 118 cm³/mol. The van der Waals surface area contributed by atoms with Gasteiger partial charge >= 0.3 is 17.9 Å². The molecular formula is C22H38O7S. The number of methoxy groups -OCH3 is 1. The first-order valence-corrected chi connectivity index (χ1v) is 10.9. The molecule has 0 aliphatic heterocycles. The Bertz CT molecular complexity index is 621. The molecule has 0 fully saturated rings. The van der Waals surface area contributed by atoms with Crippen molar-refractivity contribution < 1.29 is 33.7 Å². The van der Waals surface area contributed by atoms with E-state index in [1.807, 2.05) is 41.5 Å². The van der Waals surface area contributed by atoms with Crippen molar-refractivity contribution in [1.29, 1.82) is 0 Å². The number of ether oxygens (including phenoxy) is 3.